The summed E-state index contributed by atoms with van der Waals surface area (Å²) in [6, 6.07) is 37.9. The van der Waals surface area contributed by atoms with Gasteiger partial charge in [0, 0.05) is 30.4 Å². The van der Waals surface area contributed by atoms with Crippen molar-refractivity contribution in [3.8, 4) is 11.1 Å². The Balaban J connectivity index is 1.37. The first-order valence-electron chi connectivity index (χ1n) is 13.0. The van der Waals surface area contributed by atoms with Crippen molar-refractivity contribution in [1.82, 2.24) is 10.2 Å². The third-order valence-electron chi connectivity index (χ3n) is 7.15. The Morgan fingerprint density at radius 3 is 2.03 bits per heavy atom. The van der Waals surface area contributed by atoms with Crippen LogP contribution < -0.4 is 5.32 Å². The predicted octanol–water partition coefficient (Wildman–Crippen LogP) is 7.08. The lowest BCUT2D eigenvalue weighted by Crippen LogP contribution is -2.33. The fraction of sp³-hybridized carbons (Fsp3) is 0.118. The minimum atomic E-state index is -0.239. The third-order valence-corrected chi connectivity index (χ3v) is 7.15. The van der Waals surface area contributed by atoms with E-state index in [4.69, 9.17) is 9.98 Å². The van der Waals surface area contributed by atoms with Gasteiger partial charge in [0.2, 0.25) is 0 Å². The molecule has 0 spiro atoms. The molecule has 0 fully saturated rings. The smallest absolute Gasteiger partial charge is 0.159 e. The van der Waals surface area contributed by atoms with Crippen LogP contribution in [-0.2, 0) is 0 Å². The van der Waals surface area contributed by atoms with E-state index in [1.54, 1.807) is 0 Å². The normalized spacial score (nSPS) is 17.1. The summed E-state index contributed by atoms with van der Waals surface area (Å²) in [6.07, 6.45) is 4.15. The number of nitrogens with zero attached hydrogens (tertiary/aromatic N) is 3. The molecule has 186 valence electrons. The average Bonchev–Trinajstić information content (AvgIpc) is 2.99. The largest absolute Gasteiger partial charge is 0.374 e. The molecule has 6 rings (SSSR count). The van der Waals surface area contributed by atoms with Crippen LogP contribution in [0.2, 0.25) is 0 Å². The van der Waals surface area contributed by atoms with Gasteiger partial charge in [-0.15, -0.1) is 0 Å². The van der Waals surface area contributed by atoms with Crippen LogP contribution in [-0.4, -0.2) is 30.2 Å². The summed E-state index contributed by atoms with van der Waals surface area (Å²) in [5.41, 5.74) is 9.29. The molecular formula is C34H30N4. The highest BCUT2D eigenvalue weighted by molar-refractivity contribution is 6.13. The zero-order valence-electron chi connectivity index (χ0n) is 21.7. The molecule has 4 nitrogen and oxygen atoms in total. The fourth-order valence-corrected chi connectivity index (χ4v) is 4.81. The van der Waals surface area contributed by atoms with E-state index in [1.807, 2.05) is 24.3 Å². The maximum Gasteiger partial charge on any atom is 0.159 e. The standard InChI is InChI=1S/C34H30N4/c1-24-16-17-31(23-38(24)2)29-14-9-15-30(22-29)34-36-32(27-12-7-4-8-13-27)35-33(37-34)28-20-18-26(19-21-28)25-10-5-3-6-11-25/h3-22,33H,23H2,1-2H3,(H,35,36,37). The van der Waals surface area contributed by atoms with Gasteiger partial charge in [-0.05, 0) is 46.9 Å². The fourth-order valence-electron chi connectivity index (χ4n) is 4.81. The van der Waals surface area contributed by atoms with Gasteiger partial charge in [0.15, 0.2) is 5.84 Å². The number of aliphatic imine (C=N–C) groups is 2. The van der Waals surface area contributed by atoms with E-state index < -0.39 is 0 Å². The van der Waals surface area contributed by atoms with Gasteiger partial charge in [0.05, 0.1) is 0 Å². The number of likely N-dealkylation sites (N-methyl/N-ethyl adjacent to an activating group) is 1. The van der Waals surface area contributed by atoms with E-state index in [9.17, 15) is 0 Å². The second kappa shape index (κ2) is 10.3. The molecule has 1 N–H and O–H groups in total. The zero-order valence-corrected chi connectivity index (χ0v) is 21.7. The molecule has 4 aromatic carbocycles. The number of nitrogens with one attached hydrogen (secondary N) is 1. The summed E-state index contributed by atoms with van der Waals surface area (Å²) in [4.78, 5) is 12.3. The molecule has 1 unspecified atom stereocenters. The van der Waals surface area contributed by atoms with Crippen LogP contribution in [0.5, 0.6) is 0 Å². The molecule has 0 bridgehead atoms. The maximum atomic E-state index is 5.09. The molecule has 0 saturated heterocycles. The molecule has 2 aliphatic heterocycles. The van der Waals surface area contributed by atoms with Gasteiger partial charge < -0.3 is 10.2 Å². The predicted molar refractivity (Wildman–Crippen MR) is 158 cm³/mol. The van der Waals surface area contributed by atoms with Crippen molar-refractivity contribution < 1.29 is 0 Å². The summed E-state index contributed by atoms with van der Waals surface area (Å²) in [6.45, 7) is 3.02. The van der Waals surface area contributed by atoms with Crippen molar-refractivity contribution in [3.05, 3.63) is 149 Å². The highest BCUT2D eigenvalue weighted by Crippen LogP contribution is 2.27. The minimum Gasteiger partial charge on any atom is -0.374 e. The highest BCUT2D eigenvalue weighted by Gasteiger charge is 2.21. The molecule has 1 atom stereocenters. The van der Waals surface area contributed by atoms with Gasteiger partial charge in [0.1, 0.15) is 12.0 Å². The molecule has 2 heterocycles. The van der Waals surface area contributed by atoms with Crippen LogP contribution in [0.1, 0.15) is 35.3 Å². The number of benzene rings is 4. The van der Waals surface area contributed by atoms with Gasteiger partial charge in [-0.25, -0.2) is 9.98 Å². The van der Waals surface area contributed by atoms with Gasteiger partial charge in [-0.1, -0.05) is 109 Å². The summed E-state index contributed by atoms with van der Waals surface area (Å²) in [7, 11) is 2.13. The highest BCUT2D eigenvalue weighted by atomic mass is 15.2. The number of allylic oxidation sites excluding steroid dienone is 3. The Bertz CT molecular complexity index is 1560. The molecular weight excluding hydrogens is 464 g/mol. The Kier molecular flexibility index (Phi) is 6.45. The van der Waals surface area contributed by atoms with Crippen molar-refractivity contribution >= 4 is 17.2 Å². The SMILES string of the molecule is CC1=CC=C(c2cccc(C3=NC(c4ccc(-c5ccccc5)cc4)NC(c4ccccc4)=N3)c2)CN1C. The molecule has 0 saturated carbocycles. The summed E-state index contributed by atoms with van der Waals surface area (Å²) in [5.74, 6) is 1.56. The van der Waals surface area contributed by atoms with Gasteiger partial charge in [-0.2, -0.15) is 0 Å². The average molecular weight is 495 g/mol. The lowest BCUT2D eigenvalue weighted by Gasteiger charge is -2.26. The van der Waals surface area contributed by atoms with Crippen LogP contribution in [0.4, 0.5) is 0 Å². The third kappa shape index (κ3) is 4.94. The van der Waals surface area contributed by atoms with Crippen molar-refractivity contribution in [2.45, 2.75) is 13.1 Å². The zero-order chi connectivity index (χ0) is 25.9. The van der Waals surface area contributed by atoms with E-state index in [1.165, 1.54) is 28.0 Å². The number of amidine groups is 2. The second-order valence-electron chi connectivity index (χ2n) is 9.75. The molecule has 4 aromatic rings. The van der Waals surface area contributed by atoms with Crippen LogP contribution >= 0.6 is 0 Å². The number of hydrogen-bond acceptors (Lipinski definition) is 4. The first kappa shape index (κ1) is 23.7. The van der Waals surface area contributed by atoms with Gasteiger partial charge in [-0.3, -0.25) is 0 Å². The Labute approximate surface area is 224 Å². The lowest BCUT2D eigenvalue weighted by molar-refractivity contribution is 0.467. The lowest BCUT2D eigenvalue weighted by atomic mass is 9.99. The van der Waals surface area contributed by atoms with Gasteiger partial charge in [0.25, 0.3) is 0 Å². The van der Waals surface area contributed by atoms with E-state index >= 15 is 0 Å². The maximum absolute atomic E-state index is 5.09. The first-order valence-corrected chi connectivity index (χ1v) is 13.0. The summed E-state index contributed by atoms with van der Waals surface area (Å²) in [5, 5.41) is 3.57. The van der Waals surface area contributed by atoms with Crippen LogP contribution in [0.15, 0.2) is 137 Å². The molecule has 0 amide bonds. The molecule has 0 aromatic heterocycles. The molecule has 0 radical (unpaired) electrons. The van der Waals surface area contributed by atoms with Crippen molar-refractivity contribution in [3.63, 3.8) is 0 Å². The van der Waals surface area contributed by atoms with Crippen LogP contribution in [0.25, 0.3) is 16.7 Å². The summed E-state index contributed by atoms with van der Waals surface area (Å²) < 4.78 is 0. The Morgan fingerprint density at radius 2 is 1.32 bits per heavy atom. The van der Waals surface area contributed by atoms with E-state index in [0.717, 1.165) is 34.9 Å². The molecule has 38 heavy (non-hydrogen) atoms. The van der Waals surface area contributed by atoms with E-state index in [0.29, 0.717) is 0 Å². The molecule has 2 aliphatic rings. The number of hydrogen-bond donors (Lipinski definition) is 1. The van der Waals surface area contributed by atoms with Crippen LogP contribution in [0.3, 0.4) is 0 Å². The molecule has 0 aliphatic carbocycles. The van der Waals surface area contributed by atoms with E-state index in [2.05, 4.69) is 121 Å². The number of rotatable bonds is 5. The second-order valence-corrected chi connectivity index (χ2v) is 9.75. The minimum absolute atomic E-state index is 0.239. The van der Waals surface area contributed by atoms with Crippen molar-refractivity contribution in [2.24, 2.45) is 9.98 Å². The topological polar surface area (TPSA) is 40.0 Å². The van der Waals surface area contributed by atoms with Crippen LogP contribution in [0, 0.1) is 0 Å². The van der Waals surface area contributed by atoms with Gasteiger partial charge >= 0.3 is 0 Å². The van der Waals surface area contributed by atoms with E-state index in [-0.39, 0.29) is 6.17 Å². The first-order chi connectivity index (χ1) is 18.6. The molecule has 4 heteroatoms. The quantitative estimate of drug-likeness (QED) is 0.322. The Morgan fingerprint density at radius 1 is 0.684 bits per heavy atom. The monoisotopic (exact) mass is 494 g/mol. The van der Waals surface area contributed by atoms with Crippen molar-refractivity contribution in [1.29, 1.82) is 0 Å². The summed E-state index contributed by atoms with van der Waals surface area (Å²) >= 11 is 0. The Hall–Kier alpha value is -4.70. The van der Waals surface area contributed by atoms with Crippen molar-refractivity contribution in [2.75, 3.05) is 13.6 Å².